The fourth-order valence-corrected chi connectivity index (χ4v) is 1.63. The van der Waals surface area contributed by atoms with Crippen LogP contribution in [0.4, 0.5) is 0 Å². The van der Waals surface area contributed by atoms with Crippen molar-refractivity contribution in [2.45, 2.75) is 13.2 Å². The molecule has 2 aromatic rings. The van der Waals surface area contributed by atoms with E-state index in [4.69, 9.17) is 14.9 Å². The molecule has 0 atom stereocenters. The average Bonchev–Trinajstić information content (AvgIpc) is 2.46. The van der Waals surface area contributed by atoms with Gasteiger partial charge in [0.25, 0.3) is 0 Å². The minimum absolute atomic E-state index is 0.0157. The second kappa shape index (κ2) is 6.02. The highest BCUT2D eigenvalue weighted by atomic mass is 16.5. The van der Waals surface area contributed by atoms with E-state index in [1.807, 2.05) is 24.3 Å². The van der Waals surface area contributed by atoms with Gasteiger partial charge in [-0.25, -0.2) is 4.79 Å². The third-order valence-corrected chi connectivity index (χ3v) is 2.69. The molecule has 0 amide bonds. The molecule has 0 aromatic heterocycles. The van der Waals surface area contributed by atoms with Gasteiger partial charge in [0.05, 0.1) is 12.2 Å². The first-order chi connectivity index (χ1) is 9.19. The highest BCUT2D eigenvalue weighted by Crippen LogP contribution is 2.15. The Balaban J connectivity index is 2.01. The number of aliphatic hydroxyl groups excluding tert-OH is 1. The minimum Gasteiger partial charge on any atom is -0.489 e. The van der Waals surface area contributed by atoms with Gasteiger partial charge in [0.15, 0.2) is 0 Å². The number of ether oxygens (including phenoxy) is 1. The molecule has 19 heavy (non-hydrogen) atoms. The largest absolute Gasteiger partial charge is 0.489 e. The maximum Gasteiger partial charge on any atom is 0.335 e. The van der Waals surface area contributed by atoms with Crippen molar-refractivity contribution < 1.29 is 19.7 Å². The Morgan fingerprint density at radius 2 is 1.74 bits per heavy atom. The minimum atomic E-state index is -0.974. The van der Waals surface area contributed by atoms with Crippen molar-refractivity contribution in [1.29, 1.82) is 0 Å². The smallest absolute Gasteiger partial charge is 0.335 e. The maximum absolute atomic E-state index is 10.8. The number of aromatic carboxylic acids is 1. The number of benzene rings is 2. The zero-order chi connectivity index (χ0) is 13.7. The van der Waals surface area contributed by atoms with Crippen molar-refractivity contribution in [1.82, 2.24) is 0 Å². The molecule has 0 aliphatic rings. The van der Waals surface area contributed by atoms with Crippen molar-refractivity contribution in [2.24, 2.45) is 0 Å². The van der Waals surface area contributed by atoms with Crippen LogP contribution in [0.25, 0.3) is 0 Å². The second-order valence-electron chi connectivity index (χ2n) is 4.10. The maximum atomic E-state index is 10.8. The Bertz CT molecular complexity index is 561. The van der Waals surface area contributed by atoms with Crippen LogP contribution in [-0.2, 0) is 13.2 Å². The Morgan fingerprint density at radius 3 is 2.37 bits per heavy atom. The summed E-state index contributed by atoms with van der Waals surface area (Å²) in [6, 6.07) is 13.8. The lowest BCUT2D eigenvalue weighted by atomic mass is 10.1. The molecule has 0 radical (unpaired) electrons. The number of carboxylic acids is 1. The van der Waals surface area contributed by atoms with E-state index in [1.54, 1.807) is 12.1 Å². The van der Waals surface area contributed by atoms with Gasteiger partial charge in [0.1, 0.15) is 12.4 Å². The van der Waals surface area contributed by atoms with E-state index in [0.717, 1.165) is 11.1 Å². The standard InChI is InChI=1S/C15H14O4/c16-9-11-4-6-12(7-5-11)10-19-14-3-1-2-13(8-14)15(17)18/h1-8,16H,9-10H2,(H,17,18). The molecule has 2 aromatic carbocycles. The molecule has 2 N–H and O–H groups in total. The van der Waals surface area contributed by atoms with Crippen LogP contribution in [0.1, 0.15) is 21.5 Å². The van der Waals surface area contributed by atoms with Crippen LogP contribution in [0.15, 0.2) is 48.5 Å². The van der Waals surface area contributed by atoms with Crippen LogP contribution in [0.3, 0.4) is 0 Å². The lowest BCUT2D eigenvalue weighted by Crippen LogP contribution is -1.99. The van der Waals surface area contributed by atoms with Crippen molar-refractivity contribution in [3.05, 3.63) is 65.2 Å². The molecule has 0 fully saturated rings. The van der Waals surface area contributed by atoms with Gasteiger partial charge in [-0.1, -0.05) is 30.3 Å². The fourth-order valence-electron chi connectivity index (χ4n) is 1.63. The fraction of sp³-hybridized carbons (Fsp3) is 0.133. The number of rotatable bonds is 5. The Hall–Kier alpha value is -2.33. The van der Waals surface area contributed by atoms with Gasteiger partial charge in [-0.2, -0.15) is 0 Å². The monoisotopic (exact) mass is 258 g/mol. The molecule has 4 heteroatoms. The first-order valence-corrected chi connectivity index (χ1v) is 5.84. The van der Waals surface area contributed by atoms with Gasteiger partial charge < -0.3 is 14.9 Å². The summed E-state index contributed by atoms with van der Waals surface area (Å²) >= 11 is 0. The van der Waals surface area contributed by atoms with Crippen LogP contribution in [0, 0.1) is 0 Å². The topological polar surface area (TPSA) is 66.8 Å². The van der Waals surface area contributed by atoms with E-state index in [2.05, 4.69) is 0 Å². The Kier molecular flexibility index (Phi) is 4.15. The van der Waals surface area contributed by atoms with Crippen LogP contribution in [0.5, 0.6) is 5.75 Å². The molecule has 98 valence electrons. The van der Waals surface area contributed by atoms with Crippen LogP contribution < -0.4 is 4.74 Å². The first kappa shape index (κ1) is 13.1. The van der Waals surface area contributed by atoms with E-state index < -0.39 is 5.97 Å². The van der Waals surface area contributed by atoms with E-state index in [9.17, 15) is 4.79 Å². The second-order valence-corrected chi connectivity index (χ2v) is 4.10. The third kappa shape index (κ3) is 3.56. The highest BCUT2D eigenvalue weighted by Gasteiger charge is 2.04. The predicted molar refractivity (Wildman–Crippen MR) is 70.1 cm³/mol. The third-order valence-electron chi connectivity index (χ3n) is 2.69. The molecule has 0 saturated carbocycles. The van der Waals surface area contributed by atoms with Crippen molar-refractivity contribution >= 4 is 5.97 Å². The van der Waals surface area contributed by atoms with Gasteiger partial charge in [-0.15, -0.1) is 0 Å². The molecule has 0 aliphatic carbocycles. The summed E-state index contributed by atoms with van der Waals surface area (Å²) in [5.41, 5.74) is 2.00. The molecular formula is C15H14O4. The number of hydrogen-bond donors (Lipinski definition) is 2. The Labute approximate surface area is 110 Å². The van der Waals surface area contributed by atoms with Gasteiger partial charge >= 0.3 is 5.97 Å². The van der Waals surface area contributed by atoms with Crippen LogP contribution in [-0.4, -0.2) is 16.2 Å². The molecular weight excluding hydrogens is 244 g/mol. The van der Waals surface area contributed by atoms with Gasteiger partial charge in [0, 0.05) is 0 Å². The zero-order valence-electron chi connectivity index (χ0n) is 10.2. The van der Waals surface area contributed by atoms with Gasteiger partial charge in [-0.3, -0.25) is 0 Å². The summed E-state index contributed by atoms with van der Waals surface area (Å²) in [6.45, 7) is 0.372. The Morgan fingerprint density at radius 1 is 1.05 bits per heavy atom. The first-order valence-electron chi connectivity index (χ1n) is 5.84. The summed E-state index contributed by atoms with van der Waals surface area (Å²) in [5, 5.41) is 17.8. The summed E-state index contributed by atoms with van der Waals surface area (Å²) in [5.74, 6) is -0.455. The summed E-state index contributed by atoms with van der Waals surface area (Å²) < 4.78 is 5.53. The molecule has 0 heterocycles. The molecule has 2 rings (SSSR count). The molecule has 0 unspecified atom stereocenters. The quantitative estimate of drug-likeness (QED) is 0.864. The summed E-state index contributed by atoms with van der Waals surface area (Å²) in [6.07, 6.45) is 0. The molecule has 0 saturated heterocycles. The van der Waals surface area contributed by atoms with E-state index in [1.165, 1.54) is 12.1 Å². The van der Waals surface area contributed by atoms with Gasteiger partial charge in [-0.05, 0) is 29.3 Å². The average molecular weight is 258 g/mol. The number of carbonyl (C=O) groups is 1. The molecule has 4 nitrogen and oxygen atoms in total. The SMILES string of the molecule is O=C(O)c1cccc(OCc2ccc(CO)cc2)c1. The van der Waals surface area contributed by atoms with Crippen molar-refractivity contribution in [3.63, 3.8) is 0 Å². The van der Waals surface area contributed by atoms with Crippen LogP contribution in [0.2, 0.25) is 0 Å². The number of carboxylic acid groups (broad SMARTS) is 1. The lowest BCUT2D eigenvalue weighted by molar-refractivity contribution is 0.0696. The predicted octanol–water partition coefficient (Wildman–Crippen LogP) is 2.46. The van der Waals surface area contributed by atoms with Gasteiger partial charge in [0.2, 0.25) is 0 Å². The van der Waals surface area contributed by atoms with E-state index in [0.29, 0.717) is 12.4 Å². The van der Waals surface area contributed by atoms with Crippen molar-refractivity contribution in [2.75, 3.05) is 0 Å². The van der Waals surface area contributed by atoms with Crippen molar-refractivity contribution in [3.8, 4) is 5.75 Å². The lowest BCUT2D eigenvalue weighted by Gasteiger charge is -2.07. The normalized spacial score (nSPS) is 10.2. The molecule has 0 aliphatic heterocycles. The number of aliphatic hydroxyl groups is 1. The number of hydrogen-bond acceptors (Lipinski definition) is 3. The molecule has 0 bridgehead atoms. The highest BCUT2D eigenvalue weighted by molar-refractivity contribution is 5.87. The van der Waals surface area contributed by atoms with E-state index >= 15 is 0 Å². The molecule has 0 spiro atoms. The summed E-state index contributed by atoms with van der Waals surface area (Å²) in [4.78, 5) is 10.8. The van der Waals surface area contributed by atoms with Crippen LogP contribution >= 0.6 is 0 Å². The summed E-state index contributed by atoms with van der Waals surface area (Å²) in [7, 11) is 0. The zero-order valence-corrected chi connectivity index (χ0v) is 10.2. The van der Waals surface area contributed by atoms with E-state index in [-0.39, 0.29) is 12.2 Å².